The zero-order valence-electron chi connectivity index (χ0n) is 10.8. The average molecular weight is 227 g/mol. The number of hydrogen-bond donors (Lipinski definition) is 0. The number of allylic oxidation sites excluding steroid dienone is 9. The van der Waals surface area contributed by atoms with Crippen LogP contribution >= 0.6 is 0 Å². The lowest BCUT2D eigenvalue weighted by molar-refractivity contribution is 0.763. The predicted molar refractivity (Wildman–Crippen MR) is 77.2 cm³/mol. The topological polar surface area (TPSA) is 12.4 Å². The Morgan fingerprint density at radius 1 is 1.59 bits per heavy atom. The largest absolute Gasteiger partial charge is 0.273 e. The van der Waals surface area contributed by atoms with Crippen LogP contribution in [0.5, 0.6) is 0 Å². The minimum atomic E-state index is 0.517. The van der Waals surface area contributed by atoms with Crippen molar-refractivity contribution in [1.82, 2.24) is 0 Å². The first-order valence-electron chi connectivity index (χ1n) is 6.12. The quantitative estimate of drug-likeness (QED) is 0.480. The second-order valence-electron chi connectivity index (χ2n) is 4.15. The molecule has 1 atom stereocenters. The summed E-state index contributed by atoms with van der Waals surface area (Å²) in [6.45, 7) is 7.72. The molecular formula is C16H21N. The van der Waals surface area contributed by atoms with Crippen LogP contribution < -0.4 is 0 Å². The summed E-state index contributed by atoms with van der Waals surface area (Å²) in [7, 11) is 0. The molecule has 0 saturated heterocycles. The Labute approximate surface area is 105 Å². The molecule has 0 N–H and O–H groups in total. The van der Waals surface area contributed by atoms with Gasteiger partial charge in [-0.25, -0.2) is 0 Å². The summed E-state index contributed by atoms with van der Waals surface area (Å²) in [5.74, 6) is 0.517. The second kappa shape index (κ2) is 7.61. The predicted octanol–water partition coefficient (Wildman–Crippen LogP) is 4.62. The lowest BCUT2D eigenvalue weighted by atomic mass is 9.90. The number of rotatable bonds is 5. The Balaban J connectivity index is 2.58. The molecule has 1 rings (SSSR count). The van der Waals surface area contributed by atoms with Gasteiger partial charge in [-0.3, -0.25) is 4.99 Å². The Morgan fingerprint density at radius 2 is 2.41 bits per heavy atom. The summed E-state index contributed by atoms with van der Waals surface area (Å²) < 4.78 is 0. The molecule has 0 amide bonds. The van der Waals surface area contributed by atoms with E-state index < -0.39 is 0 Å². The first-order valence-corrected chi connectivity index (χ1v) is 6.12. The molecule has 0 spiro atoms. The highest BCUT2D eigenvalue weighted by Crippen LogP contribution is 2.23. The van der Waals surface area contributed by atoms with Gasteiger partial charge in [-0.2, -0.15) is 0 Å². The van der Waals surface area contributed by atoms with Crippen molar-refractivity contribution in [2.45, 2.75) is 26.7 Å². The van der Waals surface area contributed by atoms with Crippen molar-refractivity contribution in [3.05, 3.63) is 59.9 Å². The van der Waals surface area contributed by atoms with Crippen LogP contribution in [0.1, 0.15) is 26.7 Å². The zero-order valence-corrected chi connectivity index (χ0v) is 10.8. The Hall–Kier alpha value is -1.63. The minimum absolute atomic E-state index is 0.517. The van der Waals surface area contributed by atoms with Crippen molar-refractivity contribution >= 4 is 6.72 Å². The third-order valence-electron chi connectivity index (χ3n) is 2.81. The maximum absolute atomic E-state index is 3.68. The van der Waals surface area contributed by atoms with E-state index in [-0.39, 0.29) is 0 Å². The maximum Gasteiger partial charge on any atom is 0.0260 e. The fraction of sp³-hybridized carbons (Fsp3) is 0.312. The molecule has 0 aliphatic heterocycles. The van der Waals surface area contributed by atoms with Crippen LogP contribution in [0.25, 0.3) is 0 Å². The lowest BCUT2D eigenvalue weighted by Gasteiger charge is -2.15. The van der Waals surface area contributed by atoms with Gasteiger partial charge in [-0.1, -0.05) is 49.0 Å². The Kier molecular flexibility index (Phi) is 6.02. The Bertz CT molecular complexity index is 392. The van der Waals surface area contributed by atoms with Gasteiger partial charge in [0.25, 0.3) is 0 Å². The smallest absolute Gasteiger partial charge is 0.0260 e. The van der Waals surface area contributed by atoms with Gasteiger partial charge >= 0.3 is 0 Å². The highest BCUT2D eigenvalue weighted by molar-refractivity contribution is 5.36. The van der Waals surface area contributed by atoms with Crippen molar-refractivity contribution in [3.63, 3.8) is 0 Å². The van der Waals surface area contributed by atoms with E-state index in [2.05, 4.69) is 62.0 Å². The van der Waals surface area contributed by atoms with Crippen LogP contribution in [0.2, 0.25) is 0 Å². The molecule has 1 aliphatic rings. The van der Waals surface area contributed by atoms with Crippen molar-refractivity contribution in [1.29, 1.82) is 0 Å². The molecule has 0 radical (unpaired) electrons. The molecule has 1 unspecified atom stereocenters. The molecule has 0 bridgehead atoms. The van der Waals surface area contributed by atoms with Gasteiger partial charge in [0.1, 0.15) is 0 Å². The van der Waals surface area contributed by atoms with Gasteiger partial charge in [0, 0.05) is 12.1 Å². The number of aliphatic imine (C=N–C) groups is 1. The molecular weight excluding hydrogens is 206 g/mol. The Morgan fingerprint density at radius 3 is 3.00 bits per heavy atom. The summed E-state index contributed by atoms with van der Waals surface area (Å²) >= 11 is 0. The van der Waals surface area contributed by atoms with Crippen molar-refractivity contribution < 1.29 is 0 Å². The third-order valence-corrected chi connectivity index (χ3v) is 2.81. The van der Waals surface area contributed by atoms with E-state index in [0.29, 0.717) is 5.92 Å². The van der Waals surface area contributed by atoms with Crippen LogP contribution in [0.15, 0.2) is 64.9 Å². The molecule has 0 heterocycles. The first-order chi connectivity index (χ1) is 8.27. The number of nitrogens with zero attached hydrogens (tertiary/aromatic N) is 1. The molecule has 0 aromatic rings. The molecule has 90 valence electrons. The summed E-state index contributed by atoms with van der Waals surface area (Å²) in [5, 5.41) is 0. The van der Waals surface area contributed by atoms with E-state index in [0.717, 1.165) is 12.8 Å². The van der Waals surface area contributed by atoms with Crippen LogP contribution in [0, 0.1) is 5.92 Å². The van der Waals surface area contributed by atoms with E-state index >= 15 is 0 Å². The maximum atomic E-state index is 3.68. The molecule has 0 saturated carbocycles. The van der Waals surface area contributed by atoms with E-state index in [1.54, 1.807) is 6.20 Å². The molecule has 0 aromatic carbocycles. The highest BCUT2D eigenvalue weighted by Gasteiger charge is 2.08. The number of hydrogen-bond acceptors (Lipinski definition) is 1. The van der Waals surface area contributed by atoms with Gasteiger partial charge in [0.2, 0.25) is 0 Å². The fourth-order valence-corrected chi connectivity index (χ4v) is 1.73. The van der Waals surface area contributed by atoms with Gasteiger partial charge in [0.05, 0.1) is 0 Å². The lowest BCUT2D eigenvalue weighted by Crippen LogP contribution is -2.00. The second-order valence-corrected chi connectivity index (χ2v) is 4.15. The summed E-state index contributed by atoms with van der Waals surface area (Å²) in [6, 6.07) is 0. The fourth-order valence-electron chi connectivity index (χ4n) is 1.73. The van der Waals surface area contributed by atoms with Gasteiger partial charge < -0.3 is 0 Å². The van der Waals surface area contributed by atoms with Crippen LogP contribution in [0.4, 0.5) is 0 Å². The molecule has 1 nitrogen and oxygen atoms in total. The van der Waals surface area contributed by atoms with E-state index in [4.69, 9.17) is 0 Å². The van der Waals surface area contributed by atoms with Crippen molar-refractivity contribution in [2.24, 2.45) is 10.9 Å². The van der Waals surface area contributed by atoms with Crippen LogP contribution in [0.3, 0.4) is 0 Å². The van der Waals surface area contributed by atoms with Gasteiger partial charge in [-0.15, -0.1) is 0 Å². The molecule has 1 heteroatoms. The van der Waals surface area contributed by atoms with Crippen molar-refractivity contribution in [3.8, 4) is 0 Å². The first kappa shape index (κ1) is 13.4. The summed E-state index contributed by atoms with van der Waals surface area (Å²) in [5.41, 5.74) is 2.68. The van der Waals surface area contributed by atoms with E-state index in [1.807, 2.05) is 6.08 Å². The SMILES string of the molecule is C=N/C=C\C=C(/C)C1C=CC(/C=C/CC)=CC1. The van der Waals surface area contributed by atoms with Gasteiger partial charge in [-0.05, 0) is 38.1 Å². The molecule has 17 heavy (non-hydrogen) atoms. The summed E-state index contributed by atoms with van der Waals surface area (Å²) in [4.78, 5) is 3.68. The van der Waals surface area contributed by atoms with Crippen molar-refractivity contribution in [2.75, 3.05) is 0 Å². The standard InChI is InChI=1S/C16H21N/c1-4-5-8-15-9-11-16(12-10-15)14(2)7-6-13-17-3/h5-11,13,16H,3-4,12H2,1-2H3/b8-5+,13-6-,14-7+. The van der Waals surface area contributed by atoms with Crippen LogP contribution in [-0.4, -0.2) is 6.72 Å². The third kappa shape index (κ3) is 4.81. The monoisotopic (exact) mass is 227 g/mol. The van der Waals surface area contributed by atoms with Gasteiger partial charge in [0.15, 0.2) is 0 Å². The highest BCUT2D eigenvalue weighted by atomic mass is 14.6. The molecule has 0 aromatic heterocycles. The minimum Gasteiger partial charge on any atom is -0.273 e. The normalized spacial score (nSPS) is 21.2. The van der Waals surface area contributed by atoms with E-state index in [1.165, 1.54) is 11.1 Å². The average Bonchev–Trinajstić information content (AvgIpc) is 2.37. The zero-order chi connectivity index (χ0) is 12.5. The molecule has 1 aliphatic carbocycles. The van der Waals surface area contributed by atoms with E-state index in [9.17, 15) is 0 Å². The van der Waals surface area contributed by atoms with Crippen LogP contribution in [-0.2, 0) is 0 Å². The molecule has 0 fully saturated rings. The summed E-state index contributed by atoms with van der Waals surface area (Å²) in [6.07, 6.45) is 19.1.